The average molecular weight is 508 g/mol. The lowest BCUT2D eigenvalue weighted by molar-refractivity contribution is -0.116. The number of nitrogens with zero attached hydrogens (tertiary/aromatic N) is 6. The molecule has 1 N–H and O–H groups in total. The van der Waals surface area contributed by atoms with Gasteiger partial charge in [0.15, 0.2) is 5.65 Å². The van der Waals surface area contributed by atoms with Gasteiger partial charge in [-0.3, -0.25) is 10.1 Å². The number of alkyl halides is 2. The van der Waals surface area contributed by atoms with E-state index in [0.717, 1.165) is 5.56 Å². The van der Waals surface area contributed by atoms with Crippen molar-refractivity contribution in [2.24, 2.45) is 0 Å². The Kier molecular flexibility index (Phi) is 6.43. The Morgan fingerprint density at radius 2 is 1.89 bits per heavy atom. The van der Waals surface area contributed by atoms with Crippen molar-refractivity contribution < 1.29 is 13.6 Å². The standard InChI is InChI=1S/C25H20ClF2N7O/c1-15-22-19(23(27)28)11-20(17-7-3-2-4-8-17)30-24(22)35(32-15)13-21(36)31-25-29-14-34(33-25)12-16-6-5-9-18(26)10-16/h2-11,14,23H,12-13H2,1H3,(H,31,33,36). The van der Waals surface area contributed by atoms with E-state index in [2.05, 4.69) is 25.5 Å². The number of carbonyl (C=O) groups excluding carboxylic acids is 1. The monoisotopic (exact) mass is 507 g/mol. The lowest BCUT2D eigenvalue weighted by Crippen LogP contribution is -2.20. The van der Waals surface area contributed by atoms with Crippen LogP contribution in [0.2, 0.25) is 5.02 Å². The van der Waals surface area contributed by atoms with Crippen LogP contribution in [0.25, 0.3) is 22.3 Å². The summed E-state index contributed by atoms with van der Waals surface area (Å²) in [6, 6.07) is 17.7. The zero-order chi connectivity index (χ0) is 25.2. The van der Waals surface area contributed by atoms with Gasteiger partial charge in [-0.2, -0.15) is 5.10 Å². The van der Waals surface area contributed by atoms with E-state index in [0.29, 0.717) is 28.5 Å². The molecule has 5 aromatic rings. The average Bonchev–Trinajstić information content (AvgIpc) is 3.42. The molecule has 36 heavy (non-hydrogen) atoms. The summed E-state index contributed by atoms with van der Waals surface area (Å²) in [6.07, 6.45) is -1.23. The number of benzene rings is 2. The molecule has 1 amide bonds. The van der Waals surface area contributed by atoms with Crippen LogP contribution in [-0.2, 0) is 17.9 Å². The number of pyridine rings is 1. The summed E-state index contributed by atoms with van der Waals surface area (Å²) in [5, 5.41) is 12.1. The molecule has 0 spiro atoms. The lowest BCUT2D eigenvalue weighted by Gasteiger charge is -2.08. The molecule has 3 heterocycles. The third-order valence-electron chi connectivity index (χ3n) is 5.53. The fourth-order valence-electron chi connectivity index (χ4n) is 3.98. The number of rotatable bonds is 7. The number of aromatic nitrogens is 6. The van der Waals surface area contributed by atoms with E-state index in [1.807, 2.05) is 24.3 Å². The van der Waals surface area contributed by atoms with Gasteiger partial charge in [0.1, 0.15) is 12.9 Å². The molecule has 5 rings (SSSR count). The van der Waals surface area contributed by atoms with Gasteiger partial charge in [0.05, 0.1) is 23.3 Å². The molecule has 11 heteroatoms. The fourth-order valence-corrected chi connectivity index (χ4v) is 4.19. The molecular formula is C25H20ClF2N7O. The predicted octanol–water partition coefficient (Wildman–Crippen LogP) is 5.28. The first kappa shape index (κ1) is 23.6. The SMILES string of the molecule is Cc1nn(CC(=O)Nc2ncn(Cc3cccc(Cl)c3)n2)c2nc(-c3ccccc3)cc(C(F)F)c12. The summed E-state index contributed by atoms with van der Waals surface area (Å²) in [6.45, 7) is 1.79. The smallest absolute Gasteiger partial charge is 0.264 e. The minimum absolute atomic E-state index is 0.112. The van der Waals surface area contributed by atoms with Gasteiger partial charge < -0.3 is 0 Å². The quantitative estimate of drug-likeness (QED) is 0.324. The molecule has 0 radical (unpaired) electrons. The molecule has 0 saturated carbocycles. The Morgan fingerprint density at radius 3 is 2.64 bits per heavy atom. The number of aryl methyl sites for hydroxylation is 1. The van der Waals surface area contributed by atoms with Crippen molar-refractivity contribution in [2.75, 3.05) is 5.32 Å². The van der Waals surface area contributed by atoms with Crippen molar-refractivity contribution in [1.82, 2.24) is 29.5 Å². The minimum atomic E-state index is -2.73. The van der Waals surface area contributed by atoms with Gasteiger partial charge >= 0.3 is 0 Å². The van der Waals surface area contributed by atoms with Crippen molar-refractivity contribution in [3.05, 3.63) is 88.8 Å². The van der Waals surface area contributed by atoms with E-state index in [9.17, 15) is 13.6 Å². The molecule has 0 atom stereocenters. The zero-order valence-electron chi connectivity index (χ0n) is 19.1. The van der Waals surface area contributed by atoms with Crippen LogP contribution in [0.3, 0.4) is 0 Å². The van der Waals surface area contributed by atoms with Crippen LogP contribution in [0, 0.1) is 6.92 Å². The van der Waals surface area contributed by atoms with Crippen LogP contribution in [0.15, 0.2) is 67.0 Å². The van der Waals surface area contributed by atoms with Crippen LogP contribution in [0.4, 0.5) is 14.7 Å². The second-order valence-corrected chi connectivity index (χ2v) is 8.59. The van der Waals surface area contributed by atoms with Gasteiger partial charge in [0.2, 0.25) is 11.9 Å². The molecule has 8 nitrogen and oxygen atoms in total. The molecule has 182 valence electrons. The fraction of sp³-hybridized carbons (Fsp3) is 0.160. The highest BCUT2D eigenvalue weighted by molar-refractivity contribution is 6.30. The van der Waals surface area contributed by atoms with E-state index >= 15 is 0 Å². The molecule has 0 aliphatic carbocycles. The maximum Gasteiger partial charge on any atom is 0.264 e. The summed E-state index contributed by atoms with van der Waals surface area (Å²) in [5.41, 5.74) is 2.39. The van der Waals surface area contributed by atoms with Crippen LogP contribution in [-0.4, -0.2) is 35.4 Å². The first-order chi connectivity index (χ1) is 17.4. The zero-order valence-corrected chi connectivity index (χ0v) is 19.8. The Hall–Kier alpha value is -4.18. The summed E-state index contributed by atoms with van der Waals surface area (Å²) in [5.74, 6) is -0.355. The van der Waals surface area contributed by atoms with E-state index in [1.54, 1.807) is 41.9 Å². The van der Waals surface area contributed by atoms with E-state index in [-0.39, 0.29) is 29.1 Å². The maximum atomic E-state index is 13.9. The van der Waals surface area contributed by atoms with Gasteiger partial charge in [-0.25, -0.2) is 28.1 Å². The normalized spacial score (nSPS) is 11.4. The van der Waals surface area contributed by atoms with Crippen molar-refractivity contribution >= 4 is 34.5 Å². The van der Waals surface area contributed by atoms with Crippen LogP contribution < -0.4 is 5.32 Å². The number of anilines is 1. The molecule has 0 aliphatic rings. The topological polar surface area (TPSA) is 90.5 Å². The maximum absolute atomic E-state index is 13.9. The highest BCUT2D eigenvalue weighted by Crippen LogP contribution is 2.33. The Labute approximate surface area is 209 Å². The lowest BCUT2D eigenvalue weighted by atomic mass is 10.1. The van der Waals surface area contributed by atoms with Gasteiger partial charge in [0, 0.05) is 16.1 Å². The molecule has 0 aliphatic heterocycles. The van der Waals surface area contributed by atoms with Crippen molar-refractivity contribution in [3.63, 3.8) is 0 Å². The van der Waals surface area contributed by atoms with Gasteiger partial charge in [-0.05, 0) is 30.7 Å². The van der Waals surface area contributed by atoms with Crippen molar-refractivity contribution in [3.8, 4) is 11.3 Å². The largest absolute Gasteiger partial charge is 0.292 e. The highest BCUT2D eigenvalue weighted by atomic mass is 35.5. The Morgan fingerprint density at radius 1 is 1.08 bits per heavy atom. The second kappa shape index (κ2) is 9.82. The number of hydrogen-bond donors (Lipinski definition) is 1. The van der Waals surface area contributed by atoms with Gasteiger partial charge in [-0.15, -0.1) is 5.10 Å². The van der Waals surface area contributed by atoms with Crippen molar-refractivity contribution in [1.29, 1.82) is 0 Å². The molecular weight excluding hydrogens is 488 g/mol. The van der Waals surface area contributed by atoms with Gasteiger partial charge in [0.25, 0.3) is 6.43 Å². The summed E-state index contributed by atoms with van der Waals surface area (Å²) in [4.78, 5) is 21.5. The van der Waals surface area contributed by atoms with Crippen LogP contribution >= 0.6 is 11.6 Å². The first-order valence-electron chi connectivity index (χ1n) is 11.0. The number of nitrogens with one attached hydrogen (secondary N) is 1. The Bertz CT molecular complexity index is 1550. The molecule has 0 bridgehead atoms. The number of amides is 1. The first-order valence-corrected chi connectivity index (χ1v) is 11.4. The Balaban J connectivity index is 1.39. The highest BCUT2D eigenvalue weighted by Gasteiger charge is 2.22. The van der Waals surface area contributed by atoms with E-state index in [4.69, 9.17) is 11.6 Å². The number of hydrogen-bond acceptors (Lipinski definition) is 5. The van der Waals surface area contributed by atoms with Crippen LogP contribution in [0.5, 0.6) is 0 Å². The van der Waals surface area contributed by atoms with Crippen molar-refractivity contribution in [2.45, 2.75) is 26.4 Å². The van der Waals surface area contributed by atoms with E-state index < -0.39 is 12.3 Å². The van der Waals surface area contributed by atoms with Crippen LogP contribution in [0.1, 0.15) is 23.2 Å². The second-order valence-electron chi connectivity index (χ2n) is 8.15. The number of carbonyl (C=O) groups is 1. The summed E-state index contributed by atoms with van der Waals surface area (Å²) < 4.78 is 30.8. The number of fused-ring (bicyclic) bond motifs is 1. The number of halogens is 3. The summed E-state index contributed by atoms with van der Waals surface area (Å²) >= 11 is 6.02. The third-order valence-corrected chi connectivity index (χ3v) is 5.76. The van der Waals surface area contributed by atoms with Gasteiger partial charge in [-0.1, -0.05) is 54.1 Å². The molecule has 0 unspecified atom stereocenters. The molecule has 0 saturated heterocycles. The van der Waals surface area contributed by atoms with E-state index in [1.165, 1.54) is 17.1 Å². The molecule has 3 aromatic heterocycles. The summed E-state index contributed by atoms with van der Waals surface area (Å²) in [7, 11) is 0. The molecule has 0 fully saturated rings. The minimum Gasteiger partial charge on any atom is -0.292 e. The predicted molar refractivity (Wildman–Crippen MR) is 132 cm³/mol. The third kappa shape index (κ3) is 4.94. The molecule has 2 aromatic carbocycles.